The maximum absolute atomic E-state index is 5.36. The average molecular weight is 600 g/mol. The van der Waals surface area contributed by atoms with Gasteiger partial charge in [-0.2, -0.15) is 0 Å². The van der Waals surface area contributed by atoms with Crippen molar-refractivity contribution in [3.63, 3.8) is 0 Å². The van der Waals surface area contributed by atoms with Gasteiger partial charge in [0.1, 0.15) is 0 Å². The zero-order valence-corrected chi connectivity index (χ0v) is 26.7. The lowest BCUT2D eigenvalue weighted by molar-refractivity contribution is 0.282. The number of hydrogen-bond donors (Lipinski definition) is 0. The summed E-state index contributed by atoms with van der Waals surface area (Å²) in [5.74, 6) is 1.59. The van der Waals surface area contributed by atoms with Crippen molar-refractivity contribution in [2.45, 2.75) is 33.1 Å². The van der Waals surface area contributed by atoms with E-state index in [0.29, 0.717) is 17.8 Å². The first-order chi connectivity index (χ1) is 22.0. The van der Waals surface area contributed by atoms with Crippen LogP contribution in [0, 0.1) is 11.8 Å². The standard InChI is InChI=1S/C41H33N3S/c1-24(2)41(25(3)4)32-19-11-8-17-29(32)38-35(41)31-23-22-28-27-16-10-13-21-34(27)44(37(28)39(31)45-38)40-42-33-20-12-9-18-30(33)36(43-40)26-14-6-5-7-15-26/h5-25H,1-4H3. The van der Waals surface area contributed by atoms with Crippen LogP contribution in [0.4, 0.5) is 0 Å². The molecule has 0 saturated carbocycles. The summed E-state index contributed by atoms with van der Waals surface area (Å²) >= 11 is 1.95. The number of nitrogens with zero attached hydrogens (tertiary/aromatic N) is 3. The van der Waals surface area contributed by atoms with Crippen molar-refractivity contribution in [1.82, 2.24) is 14.5 Å². The lowest BCUT2D eigenvalue weighted by atomic mass is 9.62. The van der Waals surface area contributed by atoms with Gasteiger partial charge in [0.15, 0.2) is 0 Å². The van der Waals surface area contributed by atoms with Crippen LogP contribution in [0.15, 0.2) is 115 Å². The smallest absolute Gasteiger partial charge is 0.235 e. The molecule has 0 fully saturated rings. The minimum Gasteiger partial charge on any atom is -0.276 e. The Morgan fingerprint density at radius 3 is 2.09 bits per heavy atom. The highest BCUT2D eigenvalue weighted by molar-refractivity contribution is 7.23. The molecule has 1 aliphatic rings. The van der Waals surface area contributed by atoms with Gasteiger partial charge in [-0.25, -0.2) is 9.97 Å². The molecule has 45 heavy (non-hydrogen) atoms. The molecule has 3 heterocycles. The van der Waals surface area contributed by atoms with Crippen LogP contribution in [0.3, 0.4) is 0 Å². The van der Waals surface area contributed by atoms with Crippen molar-refractivity contribution in [3.8, 4) is 27.6 Å². The topological polar surface area (TPSA) is 30.7 Å². The van der Waals surface area contributed by atoms with E-state index >= 15 is 0 Å². The highest BCUT2D eigenvalue weighted by atomic mass is 32.1. The average Bonchev–Trinajstić information content (AvgIpc) is 3.71. The van der Waals surface area contributed by atoms with Gasteiger partial charge >= 0.3 is 0 Å². The SMILES string of the molecule is CC(C)C1(C(C)C)c2ccccc2-c2sc3c(ccc4c5ccccc5n(-c5nc(-c6ccccc6)c6ccccc6n5)c43)c21. The summed E-state index contributed by atoms with van der Waals surface area (Å²) in [5, 5.41) is 4.88. The third-order valence-corrected chi connectivity index (χ3v) is 11.4. The lowest BCUT2D eigenvalue weighted by Crippen LogP contribution is -2.37. The van der Waals surface area contributed by atoms with Crippen molar-refractivity contribution in [2.24, 2.45) is 11.8 Å². The summed E-state index contributed by atoms with van der Waals surface area (Å²) in [6, 6.07) is 41.4. The van der Waals surface area contributed by atoms with Gasteiger partial charge in [-0.05, 0) is 46.0 Å². The lowest BCUT2D eigenvalue weighted by Gasteiger charge is -2.40. The van der Waals surface area contributed by atoms with Crippen LogP contribution in [0.1, 0.15) is 38.8 Å². The summed E-state index contributed by atoms with van der Waals surface area (Å²) in [6.07, 6.45) is 0. The van der Waals surface area contributed by atoms with Gasteiger partial charge in [0, 0.05) is 32.0 Å². The fourth-order valence-corrected chi connectivity index (χ4v) is 9.88. The Kier molecular flexibility index (Phi) is 5.67. The van der Waals surface area contributed by atoms with Gasteiger partial charge in [0.2, 0.25) is 5.95 Å². The van der Waals surface area contributed by atoms with E-state index in [-0.39, 0.29) is 5.41 Å². The fraction of sp³-hybridized carbons (Fsp3) is 0.171. The van der Waals surface area contributed by atoms with E-state index in [1.54, 1.807) is 0 Å². The van der Waals surface area contributed by atoms with Crippen molar-refractivity contribution >= 4 is 54.1 Å². The monoisotopic (exact) mass is 599 g/mol. The molecule has 1 aliphatic carbocycles. The van der Waals surface area contributed by atoms with E-state index in [9.17, 15) is 0 Å². The molecule has 0 atom stereocenters. The third kappa shape index (κ3) is 3.46. The molecule has 0 unspecified atom stereocenters. The molecule has 0 aliphatic heterocycles. The molecule has 0 radical (unpaired) electrons. The van der Waals surface area contributed by atoms with Gasteiger partial charge in [-0.1, -0.05) is 131 Å². The highest BCUT2D eigenvalue weighted by Crippen LogP contribution is 2.62. The van der Waals surface area contributed by atoms with Crippen LogP contribution < -0.4 is 0 Å². The van der Waals surface area contributed by atoms with Crippen molar-refractivity contribution < 1.29 is 0 Å². The zero-order chi connectivity index (χ0) is 30.4. The van der Waals surface area contributed by atoms with Gasteiger partial charge in [0.05, 0.1) is 26.9 Å². The quantitative estimate of drug-likeness (QED) is 0.201. The molecule has 5 aromatic carbocycles. The second-order valence-electron chi connectivity index (χ2n) is 13.0. The maximum Gasteiger partial charge on any atom is 0.235 e. The largest absolute Gasteiger partial charge is 0.276 e. The predicted octanol–water partition coefficient (Wildman–Crippen LogP) is 11.2. The first-order valence-electron chi connectivity index (χ1n) is 15.9. The number of thiophene rings is 1. The Morgan fingerprint density at radius 2 is 1.29 bits per heavy atom. The molecule has 9 rings (SSSR count). The third-order valence-electron chi connectivity index (χ3n) is 10.2. The van der Waals surface area contributed by atoms with E-state index in [2.05, 4.69) is 148 Å². The number of hydrogen-bond acceptors (Lipinski definition) is 3. The number of rotatable bonds is 4. The number of aromatic nitrogens is 3. The second kappa shape index (κ2) is 9.60. The maximum atomic E-state index is 5.36. The first-order valence-corrected chi connectivity index (χ1v) is 16.7. The Labute approximate surface area is 266 Å². The normalized spacial score (nSPS) is 13.9. The number of fused-ring (bicyclic) bond motifs is 10. The molecule has 0 amide bonds. The minimum atomic E-state index is -0.0609. The van der Waals surface area contributed by atoms with Crippen LogP contribution in [0.25, 0.3) is 70.4 Å². The second-order valence-corrected chi connectivity index (χ2v) is 14.0. The van der Waals surface area contributed by atoms with Crippen molar-refractivity contribution in [2.75, 3.05) is 0 Å². The van der Waals surface area contributed by atoms with Gasteiger partial charge in [-0.3, -0.25) is 4.57 Å². The summed E-state index contributed by atoms with van der Waals surface area (Å²) in [5.41, 5.74) is 9.61. The molecule has 8 aromatic rings. The van der Waals surface area contributed by atoms with E-state index in [0.717, 1.165) is 27.7 Å². The Hall–Kier alpha value is -4.80. The first kappa shape index (κ1) is 26.6. The molecule has 4 heteroatoms. The van der Waals surface area contributed by atoms with Crippen LogP contribution in [0.2, 0.25) is 0 Å². The van der Waals surface area contributed by atoms with Crippen LogP contribution in [-0.2, 0) is 5.41 Å². The zero-order valence-electron chi connectivity index (χ0n) is 25.9. The summed E-state index contributed by atoms with van der Waals surface area (Å²) in [4.78, 5) is 12.0. The molecule has 3 aromatic heterocycles. The minimum absolute atomic E-state index is 0.0609. The molecule has 0 saturated heterocycles. The molecule has 3 nitrogen and oxygen atoms in total. The number of para-hydroxylation sites is 2. The van der Waals surface area contributed by atoms with Gasteiger partial charge in [0.25, 0.3) is 0 Å². The molecule has 0 spiro atoms. The summed E-state index contributed by atoms with van der Waals surface area (Å²) < 4.78 is 3.64. The molecular formula is C41H33N3S. The van der Waals surface area contributed by atoms with E-state index < -0.39 is 0 Å². The molecule has 218 valence electrons. The van der Waals surface area contributed by atoms with Gasteiger partial charge < -0.3 is 0 Å². The molecule has 0 N–H and O–H groups in total. The Morgan fingerprint density at radius 1 is 0.622 bits per heavy atom. The molecule has 0 bridgehead atoms. The van der Waals surface area contributed by atoms with Crippen LogP contribution in [-0.4, -0.2) is 14.5 Å². The van der Waals surface area contributed by atoms with Crippen molar-refractivity contribution in [1.29, 1.82) is 0 Å². The fourth-order valence-electron chi connectivity index (χ4n) is 8.43. The Balaban J connectivity index is 1.44. The van der Waals surface area contributed by atoms with Crippen LogP contribution >= 0.6 is 11.3 Å². The van der Waals surface area contributed by atoms with Crippen molar-refractivity contribution in [3.05, 3.63) is 126 Å². The Bertz CT molecular complexity index is 2440. The van der Waals surface area contributed by atoms with Crippen LogP contribution in [0.5, 0.6) is 0 Å². The number of benzene rings is 5. The van der Waals surface area contributed by atoms with E-state index in [1.165, 1.54) is 47.9 Å². The molecular weight excluding hydrogens is 567 g/mol. The summed E-state index contributed by atoms with van der Waals surface area (Å²) in [6.45, 7) is 9.61. The van der Waals surface area contributed by atoms with Gasteiger partial charge in [-0.15, -0.1) is 11.3 Å². The summed E-state index contributed by atoms with van der Waals surface area (Å²) in [7, 11) is 0. The van der Waals surface area contributed by atoms with E-state index in [4.69, 9.17) is 9.97 Å². The van der Waals surface area contributed by atoms with E-state index in [1.807, 2.05) is 11.3 Å². The highest BCUT2D eigenvalue weighted by Gasteiger charge is 2.50. The predicted molar refractivity (Wildman–Crippen MR) is 191 cm³/mol.